The van der Waals surface area contributed by atoms with Crippen molar-refractivity contribution in [2.45, 2.75) is 51.4 Å². The van der Waals surface area contributed by atoms with E-state index >= 15 is 0 Å². The summed E-state index contributed by atoms with van der Waals surface area (Å²) >= 11 is 5.30. The summed E-state index contributed by atoms with van der Waals surface area (Å²) in [5.41, 5.74) is 0.633. The zero-order valence-corrected chi connectivity index (χ0v) is 15.5. The van der Waals surface area contributed by atoms with Gasteiger partial charge in [0.2, 0.25) is 0 Å². The van der Waals surface area contributed by atoms with E-state index in [0.29, 0.717) is 23.2 Å². The third-order valence-electron chi connectivity index (χ3n) is 4.85. The number of carbonyl (C=O) groups excluding carboxylic acids is 1. The number of nitrogens with zero attached hydrogens (tertiary/aromatic N) is 1. The third-order valence-corrected chi connectivity index (χ3v) is 5.29. The lowest BCUT2D eigenvalue weighted by atomic mass is 9.80. The van der Waals surface area contributed by atoms with Crippen LogP contribution in [0.5, 0.6) is 0 Å². The number of likely N-dealkylation sites (N-methyl/N-ethyl adjacent to an activating group) is 1. The lowest BCUT2D eigenvalue weighted by Gasteiger charge is -2.28. The highest BCUT2D eigenvalue weighted by atomic mass is 32.1. The molecule has 0 radical (unpaired) electrons. The van der Waals surface area contributed by atoms with Gasteiger partial charge in [-0.25, -0.2) is 0 Å². The minimum Gasteiger partial charge on any atom is -0.465 e. The SMILES string of the molecule is CCCC1CCC(COC(=O)C(C(=S)NC)c2ccccn2)CC1. The van der Waals surface area contributed by atoms with E-state index in [1.165, 1.54) is 25.7 Å². The zero-order chi connectivity index (χ0) is 17.4. The second-order valence-electron chi connectivity index (χ2n) is 6.61. The zero-order valence-electron chi connectivity index (χ0n) is 14.7. The van der Waals surface area contributed by atoms with Crippen LogP contribution in [0, 0.1) is 11.8 Å². The van der Waals surface area contributed by atoms with Crippen LogP contribution in [0.2, 0.25) is 0 Å². The number of rotatable bonds is 7. The summed E-state index contributed by atoms with van der Waals surface area (Å²) < 4.78 is 5.61. The molecule has 1 atom stereocenters. The Bertz CT molecular complexity index is 527. The van der Waals surface area contributed by atoms with Crippen LogP contribution in [0.3, 0.4) is 0 Å². The first-order valence-electron chi connectivity index (χ1n) is 8.94. The van der Waals surface area contributed by atoms with Gasteiger partial charge in [0.15, 0.2) is 0 Å². The molecule has 1 unspecified atom stereocenters. The second-order valence-corrected chi connectivity index (χ2v) is 7.05. The van der Waals surface area contributed by atoms with Crippen molar-refractivity contribution in [1.29, 1.82) is 0 Å². The summed E-state index contributed by atoms with van der Waals surface area (Å²) in [5, 5.41) is 2.89. The number of aromatic nitrogens is 1. The molecule has 5 heteroatoms. The van der Waals surface area contributed by atoms with Gasteiger partial charge in [-0.3, -0.25) is 9.78 Å². The molecule has 1 fully saturated rings. The highest BCUT2D eigenvalue weighted by molar-refractivity contribution is 7.80. The number of hydrogen-bond acceptors (Lipinski definition) is 4. The predicted molar refractivity (Wildman–Crippen MR) is 100.0 cm³/mol. The summed E-state index contributed by atoms with van der Waals surface area (Å²) in [7, 11) is 1.72. The molecule has 1 heterocycles. The van der Waals surface area contributed by atoms with Crippen molar-refractivity contribution in [3.8, 4) is 0 Å². The van der Waals surface area contributed by atoms with Crippen molar-refractivity contribution >= 4 is 23.2 Å². The maximum absolute atomic E-state index is 12.6. The molecule has 1 saturated carbocycles. The number of ether oxygens (including phenoxy) is 1. The molecule has 1 aliphatic rings. The lowest BCUT2D eigenvalue weighted by molar-refractivity contribution is -0.145. The molecule has 0 saturated heterocycles. The maximum Gasteiger partial charge on any atom is 0.322 e. The Morgan fingerprint density at radius 1 is 1.33 bits per heavy atom. The van der Waals surface area contributed by atoms with Gasteiger partial charge in [-0.2, -0.15) is 0 Å². The summed E-state index contributed by atoms with van der Waals surface area (Å²) in [6, 6.07) is 5.49. The van der Waals surface area contributed by atoms with Gasteiger partial charge in [0.1, 0.15) is 5.92 Å². The molecule has 1 N–H and O–H groups in total. The molecular formula is C19H28N2O2S. The summed E-state index contributed by atoms with van der Waals surface area (Å²) in [4.78, 5) is 17.3. The van der Waals surface area contributed by atoms with E-state index in [1.54, 1.807) is 13.2 Å². The fourth-order valence-corrected chi connectivity index (χ4v) is 3.65. The van der Waals surface area contributed by atoms with E-state index in [9.17, 15) is 4.79 Å². The van der Waals surface area contributed by atoms with Crippen molar-refractivity contribution in [2.24, 2.45) is 11.8 Å². The van der Waals surface area contributed by atoms with Crippen LogP contribution in [0.15, 0.2) is 24.4 Å². The molecule has 132 valence electrons. The third kappa shape index (κ3) is 5.26. The van der Waals surface area contributed by atoms with Gasteiger partial charge >= 0.3 is 5.97 Å². The van der Waals surface area contributed by atoms with E-state index < -0.39 is 5.92 Å². The van der Waals surface area contributed by atoms with Crippen LogP contribution in [0.25, 0.3) is 0 Å². The molecule has 2 rings (SSSR count). The fraction of sp³-hybridized carbons (Fsp3) is 0.632. The Balaban J connectivity index is 1.89. The molecule has 24 heavy (non-hydrogen) atoms. The van der Waals surface area contributed by atoms with Crippen molar-refractivity contribution in [3.05, 3.63) is 30.1 Å². The van der Waals surface area contributed by atoms with Crippen LogP contribution < -0.4 is 5.32 Å². The summed E-state index contributed by atoms with van der Waals surface area (Å²) in [6.07, 6.45) is 9.08. The van der Waals surface area contributed by atoms with Gasteiger partial charge in [-0.05, 0) is 36.8 Å². The number of hydrogen-bond donors (Lipinski definition) is 1. The van der Waals surface area contributed by atoms with Gasteiger partial charge in [0, 0.05) is 13.2 Å². The second kappa shape index (κ2) is 9.72. The first-order chi connectivity index (χ1) is 11.7. The topological polar surface area (TPSA) is 51.2 Å². The molecule has 0 aromatic carbocycles. The minimum absolute atomic E-state index is 0.302. The van der Waals surface area contributed by atoms with Crippen LogP contribution in [-0.2, 0) is 9.53 Å². The standard InChI is InChI=1S/C19H28N2O2S/c1-3-6-14-8-10-15(11-9-14)13-23-19(22)17(18(24)20-2)16-7-4-5-12-21-16/h4-5,7,12,14-15,17H,3,6,8-11,13H2,1-2H3,(H,20,24). The van der Waals surface area contributed by atoms with Gasteiger partial charge in [-0.15, -0.1) is 0 Å². The van der Waals surface area contributed by atoms with Crippen LogP contribution in [0.1, 0.15) is 57.1 Å². The monoisotopic (exact) mass is 348 g/mol. The van der Waals surface area contributed by atoms with Crippen molar-refractivity contribution < 1.29 is 9.53 Å². The quantitative estimate of drug-likeness (QED) is 0.599. The average Bonchev–Trinajstić information content (AvgIpc) is 2.62. The minimum atomic E-state index is -0.623. The lowest BCUT2D eigenvalue weighted by Crippen LogP contribution is -2.32. The molecule has 1 aliphatic carbocycles. The molecule has 0 spiro atoms. The van der Waals surface area contributed by atoms with Gasteiger partial charge < -0.3 is 10.1 Å². The molecule has 1 aromatic heterocycles. The highest BCUT2D eigenvalue weighted by Crippen LogP contribution is 2.32. The molecular weight excluding hydrogens is 320 g/mol. The van der Waals surface area contributed by atoms with Crippen LogP contribution in [0.4, 0.5) is 0 Å². The van der Waals surface area contributed by atoms with Crippen molar-refractivity contribution in [3.63, 3.8) is 0 Å². The normalized spacial score (nSPS) is 21.8. The van der Waals surface area contributed by atoms with Gasteiger partial charge in [-0.1, -0.05) is 50.9 Å². The molecule has 0 bridgehead atoms. The Kier molecular flexibility index (Phi) is 7.63. The Hall–Kier alpha value is -1.49. The van der Waals surface area contributed by atoms with E-state index in [2.05, 4.69) is 17.2 Å². The fourth-order valence-electron chi connectivity index (χ4n) is 3.43. The largest absolute Gasteiger partial charge is 0.465 e. The van der Waals surface area contributed by atoms with E-state index in [-0.39, 0.29) is 5.97 Å². The van der Waals surface area contributed by atoms with E-state index in [0.717, 1.165) is 18.8 Å². The molecule has 1 aromatic rings. The summed E-state index contributed by atoms with van der Waals surface area (Å²) in [5.74, 6) is 0.418. The van der Waals surface area contributed by atoms with Crippen molar-refractivity contribution in [2.75, 3.05) is 13.7 Å². The Morgan fingerprint density at radius 2 is 2.04 bits per heavy atom. The maximum atomic E-state index is 12.6. The van der Waals surface area contributed by atoms with Gasteiger partial charge in [0.05, 0.1) is 17.3 Å². The number of thiocarbonyl (C=S) groups is 1. The predicted octanol–water partition coefficient (Wildman–Crippen LogP) is 3.86. The van der Waals surface area contributed by atoms with Crippen LogP contribution in [-0.4, -0.2) is 29.6 Å². The Morgan fingerprint density at radius 3 is 2.62 bits per heavy atom. The highest BCUT2D eigenvalue weighted by Gasteiger charge is 2.29. The summed E-state index contributed by atoms with van der Waals surface area (Å²) in [6.45, 7) is 2.74. The average molecular weight is 349 g/mol. The van der Waals surface area contributed by atoms with Gasteiger partial charge in [0.25, 0.3) is 0 Å². The molecule has 4 nitrogen and oxygen atoms in total. The molecule has 0 aliphatic heterocycles. The number of nitrogens with one attached hydrogen (secondary N) is 1. The Labute approximate surface area is 150 Å². The van der Waals surface area contributed by atoms with E-state index in [4.69, 9.17) is 17.0 Å². The van der Waals surface area contributed by atoms with E-state index in [1.807, 2.05) is 18.2 Å². The first-order valence-corrected chi connectivity index (χ1v) is 9.35. The van der Waals surface area contributed by atoms with Crippen LogP contribution >= 0.6 is 12.2 Å². The number of esters is 1. The number of carbonyl (C=O) groups is 1. The smallest absolute Gasteiger partial charge is 0.322 e. The first kappa shape index (κ1) is 18.8. The van der Waals surface area contributed by atoms with Crippen molar-refractivity contribution in [1.82, 2.24) is 10.3 Å². The number of pyridine rings is 1. The molecule has 0 amide bonds.